The van der Waals surface area contributed by atoms with Gasteiger partial charge < -0.3 is 10.1 Å². The van der Waals surface area contributed by atoms with Gasteiger partial charge in [-0.25, -0.2) is 0 Å². The average Bonchev–Trinajstić information content (AvgIpc) is 2.84. The lowest BCUT2D eigenvalue weighted by molar-refractivity contribution is 0.0465. The summed E-state index contributed by atoms with van der Waals surface area (Å²) < 4.78 is 7.23. The highest BCUT2D eigenvalue weighted by Crippen LogP contribution is 2.32. The first kappa shape index (κ1) is 16.0. The van der Waals surface area contributed by atoms with Crippen LogP contribution in [0.15, 0.2) is 28.7 Å². The minimum atomic E-state index is 0.422. The number of ether oxygens (including phenoxy) is 1. The number of hydrogen-bond acceptors (Lipinski definition) is 2. The number of hydrogen-bond donors (Lipinski definition) is 1. The molecule has 1 N–H and O–H groups in total. The zero-order chi connectivity index (χ0) is 14.4. The average molecular weight is 340 g/mol. The van der Waals surface area contributed by atoms with E-state index in [-0.39, 0.29) is 0 Å². The molecule has 20 heavy (non-hydrogen) atoms. The summed E-state index contributed by atoms with van der Waals surface area (Å²) in [6.45, 7) is 6.51. The number of rotatable bonds is 7. The van der Waals surface area contributed by atoms with Gasteiger partial charge in [-0.15, -0.1) is 0 Å². The highest BCUT2D eigenvalue weighted by Gasteiger charge is 2.26. The molecule has 112 valence electrons. The molecule has 0 radical (unpaired) electrons. The molecule has 1 heterocycles. The first-order chi connectivity index (χ1) is 9.70. The summed E-state index contributed by atoms with van der Waals surface area (Å²) in [4.78, 5) is 0. The molecule has 2 rings (SSSR count). The molecule has 2 nitrogen and oxygen atoms in total. The maximum atomic E-state index is 6.02. The van der Waals surface area contributed by atoms with Gasteiger partial charge in [-0.1, -0.05) is 41.1 Å². The van der Waals surface area contributed by atoms with E-state index in [2.05, 4.69) is 59.4 Å². The third kappa shape index (κ3) is 4.57. The Bertz CT molecular complexity index is 410. The van der Waals surface area contributed by atoms with E-state index in [0.29, 0.717) is 18.1 Å². The van der Waals surface area contributed by atoms with Crippen LogP contribution in [0, 0.1) is 0 Å². The first-order valence-corrected chi connectivity index (χ1v) is 8.60. The van der Waals surface area contributed by atoms with Crippen molar-refractivity contribution in [1.29, 1.82) is 0 Å². The van der Waals surface area contributed by atoms with Gasteiger partial charge in [-0.3, -0.25) is 0 Å². The third-order valence-electron chi connectivity index (χ3n) is 4.03. The standard InChI is InChI=1S/C17H26BrNO/c1-3-10-19-12-14(11-15-9-8-13(2)20-15)16-6-4-5-7-17(16)18/h4-7,13-15,19H,3,8-12H2,1-2H3. The van der Waals surface area contributed by atoms with Gasteiger partial charge in [-0.05, 0) is 56.7 Å². The van der Waals surface area contributed by atoms with Crippen molar-refractivity contribution >= 4 is 15.9 Å². The Balaban J connectivity index is 2.02. The second-order valence-corrected chi connectivity index (χ2v) is 6.66. The number of nitrogens with one attached hydrogen (secondary N) is 1. The van der Waals surface area contributed by atoms with Crippen LogP contribution in [0.1, 0.15) is 51.0 Å². The molecule has 1 aromatic carbocycles. The molecule has 3 unspecified atom stereocenters. The molecule has 0 spiro atoms. The molecule has 0 amide bonds. The Hall–Kier alpha value is -0.380. The summed E-state index contributed by atoms with van der Waals surface area (Å²) in [6, 6.07) is 8.59. The molecule has 1 fully saturated rings. The largest absolute Gasteiger partial charge is 0.375 e. The molecule has 3 atom stereocenters. The molecular formula is C17H26BrNO. The van der Waals surface area contributed by atoms with Crippen LogP contribution in [-0.2, 0) is 4.74 Å². The molecule has 1 saturated heterocycles. The minimum Gasteiger partial charge on any atom is -0.375 e. The van der Waals surface area contributed by atoms with E-state index in [1.165, 1.54) is 29.3 Å². The minimum absolute atomic E-state index is 0.422. The van der Waals surface area contributed by atoms with Crippen LogP contribution in [0.3, 0.4) is 0 Å². The Morgan fingerprint density at radius 2 is 2.15 bits per heavy atom. The van der Waals surface area contributed by atoms with Crippen molar-refractivity contribution in [3.8, 4) is 0 Å². The smallest absolute Gasteiger partial charge is 0.0586 e. The van der Waals surface area contributed by atoms with Gasteiger partial charge in [0, 0.05) is 11.0 Å². The predicted molar refractivity (Wildman–Crippen MR) is 88.2 cm³/mol. The van der Waals surface area contributed by atoms with Crippen LogP contribution in [0.25, 0.3) is 0 Å². The molecule has 1 aliphatic rings. The second-order valence-electron chi connectivity index (χ2n) is 5.80. The van der Waals surface area contributed by atoms with Gasteiger partial charge in [0.15, 0.2) is 0 Å². The van der Waals surface area contributed by atoms with Crippen molar-refractivity contribution in [2.24, 2.45) is 0 Å². The molecule has 1 aliphatic heterocycles. The van der Waals surface area contributed by atoms with E-state index in [1.807, 2.05) is 0 Å². The molecular weight excluding hydrogens is 314 g/mol. The van der Waals surface area contributed by atoms with Crippen LogP contribution in [0.4, 0.5) is 0 Å². The van der Waals surface area contributed by atoms with Crippen LogP contribution < -0.4 is 5.32 Å². The third-order valence-corrected chi connectivity index (χ3v) is 4.75. The van der Waals surface area contributed by atoms with Crippen molar-refractivity contribution in [2.45, 2.75) is 57.7 Å². The normalized spacial score (nSPS) is 23.9. The van der Waals surface area contributed by atoms with Crippen LogP contribution in [-0.4, -0.2) is 25.3 Å². The molecule has 0 bridgehead atoms. The van der Waals surface area contributed by atoms with Crippen LogP contribution in [0.5, 0.6) is 0 Å². The monoisotopic (exact) mass is 339 g/mol. The Kier molecular flexibility index (Phi) is 6.53. The fourth-order valence-corrected chi connectivity index (χ4v) is 3.56. The van der Waals surface area contributed by atoms with E-state index in [0.717, 1.165) is 19.5 Å². The van der Waals surface area contributed by atoms with Gasteiger partial charge in [0.05, 0.1) is 12.2 Å². The van der Waals surface area contributed by atoms with Gasteiger partial charge in [0.2, 0.25) is 0 Å². The van der Waals surface area contributed by atoms with Gasteiger partial charge in [0.1, 0.15) is 0 Å². The highest BCUT2D eigenvalue weighted by molar-refractivity contribution is 9.10. The maximum Gasteiger partial charge on any atom is 0.0586 e. The summed E-state index contributed by atoms with van der Waals surface area (Å²) in [6.07, 6.45) is 5.56. The predicted octanol–water partition coefficient (Wildman–Crippen LogP) is 4.49. The van der Waals surface area contributed by atoms with E-state index in [1.54, 1.807) is 0 Å². The van der Waals surface area contributed by atoms with Crippen molar-refractivity contribution in [3.05, 3.63) is 34.3 Å². The summed E-state index contributed by atoms with van der Waals surface area (Å²) in [7, 11) is 0. The summed E-state index contributed by atoms with van der Waals surface area (Å²) in [5.41, 5.74) is 1.40. The summed E-state index contributed by atoms with van der Waals surface area (Å²) >= 11 is 3.70. The first-order valence-electron chi connectivity index (χ1n) is 7.81. The van der Waals surface area contributed by atoms with Crippen molar-refractivity contribution < 1.29 is 4.74 Å². The molecule has 1 aromatic rings. The van der Waals surface area contributed by atoms with Gasteiger partial charge >= 0.3 is 0 Å². The summed E-state index contributed by atoms with van der Waals surface area (Å²) in [5, 5.41) is 3.57. The fraction of sp³-hybridized carbons (Fsp3) is 0.647. The highest BCUT2D eigenvalue weighted by atomic mass is 79.9. The van der Waals surface area contributed by atoms with Crippen molar-refractivity contribution in [1.82, 2.24) is 5.32 Å². The SMILES string of the molecule is CCCNCC(CC1CCC(C)O1)c1ccccc1Br. The molecule has 0 aromatic heterocycles. The Labute approximate surface area is 131 Å². The lowest BCUT2D eigenvalue weighted by Crippen LogP contribution is -2.25. The maximum absolute atomic E-state index is 6.02. The van der Waals surface area contributed by atoms with E-state index < -0.39 is 0 Å². The lowest BCUT2D eigenvalue weighted by atomic mass is 9.92. The van der Waals surface area contributed by atoms with E-state index in [4.69, 9.17) is 4.74 Å². The van der Waals surface area contributed by atoms with Crippen molar-refractivity contribution in [2.75, 3.05) is 13.1 Å². The Morgan fingerprint density at radius 3 is 2.80 bits per heavy atom. The Morgan fingerprint density at radius 1 is 1.35 bits per heavy atom. The number of benzene rings is 1. The topological polar surface area (TPSA) is 21.3 Å². The number of halogens is 1. The van der Waals surface area contributed by atoms with Crippen molar-refractivity contribution in [3.63, 3.8) is 0 Å². The van der Waals surface area contributed by atoms with Crippen LogP contribution in [0.2, 0.25) is 0 Å². The van der Waals surface area contributed by atoms with Gasteiger partial charge in [0.25, 0.3) is 0 Å². The lowest BCUT2D eigenvalue weighted by Gasteiger charge is -2.23. The van der Waals surface area contributed by atoms with Gasteiger partial charge in [-0.2, -0.15) is 0 Å². The molecule has 0 saturated carbocycles. The van der Waals surface area contributed by atoms with Crippen LogP contribution >= 0.6 is 15.9 Å². The zero-order valence-electron chi connectivity index (χ0n) is 12.6. The molecule has 0 aliphatic carbocycles. The quantitative estimate of drug-likeness (QED) is 0.739. The second kappa shape index (κ2) is 8.16. The van der Waals surface area contributed by atoms with E-state index >= 15 is 0 Å². The summed E-state index contributed by atoms with van der Waals surface area (Å²) in [5.74, 6) is 0.521. The van der Waals surface area contributed by atoms with E-state index in [9.17, 15) is 0 Å². The molecule has 3 heteroatoms. The fourth-order valence-electron chi connectivity index (χ4n) is 2.96. The zero-order valence-corrected chi connectivity index (χ0v) is 14.2.